The van der Waals surface area contributed by atoms with E-state index in [1.165, 1.54) is 18.3 Å². The molecule has 0 spiro atoms. The number of nitrogens with one attached hydrogen (secondary N) is 4. The van der Waals surface area contributed by atoms with E-state index in [-0.39, 0.29) is 11.9 Å². The molecule has 2 atom stereocenters. The van der Waals surface area contributed by atoms with Crippen molar-refractivity contribution in [3.05, 3.63) is 112 Å². The number of pyridine rings is 1. The molecule has 1 aromatic heterocycles. The molecule has 0 amide bonds. The number of nitriles is 1. The lowest BCUT2D eigenvalue weighted by Crippen LogP contribution is -2.45. The van der Waals surface area contributed by atoms with E-state index in [0.717, 1.165) is 18.4 Å². The van der Waals surface area contributed by atoms with Crippen molar-refractivity contribution >= 4 is 41.7 Å². The molecule has 42 heavy (non-hydrogen) atoms. The van der Waals surface area contributed by atoms with Crippen LogP contribution in [-0.2, 0) is 10.2 Å². The first-order chi connectivity index (χ1) is 20.4. The number of hydrogen-bond acceptors (Lipinski definition) is 8. The third kappa shape index (κ3) is 5.47. The summed E-state index contributed by atoms with van der Waals surface area (Å²) in [7, 11) is 8.73. The Morgan fingerprint density at radius 2 is 1.98 bits per heavy atom. The summed E-state index contributed by atoms with van der Waals surface area (Å²) in [6, 6.07) is 21.9. The van der Waals surface area contributed by atoms with Crippen LogP contribution in [0.2, 0.25) is 5.02 Å². The Hall–Kier alpha value is -4.30. The van der Waals surface area contributed by atoms with Crippen LogP contribution in [0.3, 0.4) is 0 Å². The number of nitrogens with zero attached hydrogens (tertiary/aromatic N) is 3. The third-order valence-electron chi connectivity index (χ3n) is 7.49. The second-order valence-corrected chi connectivity index (χ2v) is 10.8. The molecule has 1 unspecified atom stereocenters. The van der Waals surface area contributed by atoms with Crippen LogP contribution in [0.15, 0.2) is 84.8 Å². The van der Waals surface area contributed by atoms with Gasteiger partial charge in [-0.15, -0.1) is 5.53 Å². The molecule has 0 saturated heterocycles. The molecule has 0 bridgehead atoms. The van der Waals surface area contributed by atoms with Crippen LogP contribution in [0.25, 0.3) is 10.9 Å². The second-order valence-electron chi connectivity index (χ2n) is 10.4. The predicted molar refractivity (Wildman–Crippen MR) is 163 cm³/mol. The highest BCUT2D eigenvalue weighted by molar-refractivity contribution is 6.36. The van der Waals surface area contributed by atoms with Gasteiger partial charge in [0.2, 0.25) is 0 Å². The van der Waals surface area contributed by atoms with Gasteiger partial charge in [-0.25, -0.2) is 4.39 Å². The van der Waals surface area contributed by atoms with E-state index >= 15 is 0 Å². The standard InChI is InChI=1S/C31H28BClFN7O/c1-42-18-27(19-5-3-2-4-6-19)37-29-20(15-35)16-36-30-25(29)13-23(14-26(30)33)38-31(32,21-7-9-22(34)10-8-21)28-17-41(40-39-28)24-11-12-24/h2-10,13-14,16-17,24,27,38-40H,11-12,18H2,1H3,(H,36,37)/t27-,31?/m1/s1. The zero-order chi connectivity index (χ0) is 29.3. The first kappa shape index (κ1) is 27.9. The molecular formula is C31H28BClFN7O. The van der Waals surface area contributed by atoms with Gasteiger partial charge < -0.3 is 20.8 Å². The first-order valence-corrected chi connectivity index (χ1v) is 14.0. The Bertz CT molecular complexity index is 1680. The van der Waals surface area contributed by atoms with Crippen LogP contribution < -0.4 is 21.6 Å². The summed E-state index contributed by atoms with van der Waals surface area (Å²) in [6.45, 7) is 0.366. The number of hydrogen-bond donors (Lipinski definition) is 4. The Morgan fingerprint density at radius 3 is 2.67 bits per heavy atom. The Labute approximate surface area is 249 Å². The van der Waals surface area contributed by atoms with Gasteiger partial charge in [0, 0.05) is 36.6 Å². The van der Waals surface area contributed by atoms with Crippen LogP contribution in [0.1, 0.15) is 35.6 Å². The number of halogens is 2. The molecule has 8 nitrogen and oxygen atoms in total. The molecule has 4 aromatic rings. The van der Waals surface area contributed by atoms with Crippen LogP contribution in [0, 0.1) is 17.1 Å². The molecule has 11 heteroatoms. The molecule has 2 aliphatic rings. The summed E-state index contributed by atoms with van der Waals surface area (Å²) in [6.07, 6.45) is 5.60. The number of methoxy groups -OCH3 is 1. The highest BCUT2D eigenvalue weighted by Crippen LogP contribution is 2.39. The summed E-state index contributed by atoms with van der Waals surface area (Å²) in [4.78, 5) is 4.49. The van der Waals surface area contributed by atoms with Gasteiger partial charge in [0.05, 0.1) is 45.6 Å². The molecular weight excluding hydrogens is 552 g/mol. The summed E-state index contributed by atoms with van der Waals surface area (Å²) < 4.78 is 19.4. The van der Waals surface area contributed by atoms with Crippen molar-refractivity contribution in [2.45, 2.75) is 30.4 Å². The van der Waals surface area contributed by atoms with Gasteiger partial charge in [0.15, 0.2) is 0 Å². The fraction of sp³-hybridized carbons (Fsp3) is 0.226. The largest absolute Gasteiger partial charge is 0.382 e. The number of hydrazine groups is 2. The topological polar surface area (TPSA) is 97.3 Å². The highest BCUT2D eigenvalue weighted by Gasteiger charge is 2.37. The van der Waals surface area contributed by atoms with Crippen LogP contribution in [0.5, 0.6) is 0 Å². The monoisotopic (exact) mass is 579 g/mol. The molecule has 1 fully saturated rings. The highest BCUT2D eigenvalue weighted by atomic mass is 35.5. The minimum absolute atomic E-state index is 0.246. The molecule has 210 valence electrons. The average molecular weight is 580 g/mol. The Balaban J connectivity index is 1.44. The molecule has 6 rings (SSSR count). The second kappa shape index (κ2) is 11.5. The minimum atomic E-state index is -1.29. The summed E-state index contributed by atoms with van der Waals surface area (Å²) in [5.74, 6) is -0.365. The summed E-state index contributed by atoms with van der Waals surface area (Å²) in [5.41, 5.74) is 9.35. The maximum absolute atomic E-state index is 13.9. The lowest BCUT2D eigenvalue weighted by atomic mass is 9.69. The Kier molecular flexibility index (Phi) is 7.65. The van der Waals surface area contributed by atoms with E-state index in [9.17, 15) is 9.65 Å². The maximum Gasteiger partial charge on any atom is 0.123 e. The van der Waals surface area contributed by atoms with Crippen molar-refractivity contribution in [1.29, 1.82) is 5.26 Å². The van der Waals surface area contributed by atoms with Gasteiger partial charge in [0.25, 0.3) is 0 Å². The van der Waals surface area contributed by atoms with Gasteiger partial charge >= 0.3 is 0 Å². The molecule has 4 N–H and O–H groups in total. The van der Waals surface area contributed by atoms with E-state index in [1.807, 2.05) is 47.6 Å². The van der Waals surface area contributed by atoms with E-state index in [4.69, 9.17) is 24.2 Å². The predicted octanol–water partition coefficient (Wildman–Crippen LogP) is 5.46. The summed E-state index contributed by atoms with van der Waals surface area (Å²) >= 11 is 6.79. The van der Waals surface area contributed by atoms with Gasteiger partial charge in [-0.1, -0.05) is 54.1 Å². The van der Waals surface area contributed by atoms with E-state index in [1.54, 1.807) is 25.3 Å². The third-order valence-corrected chi connectivity index (χ3v) is 7.78. The number of benzene rings is 3. The van der Waals surface area contributed by atoms with Crippen LogP contribution in [-0.4, -0.2) is 37.6 Å². The quantitative estimate of drug-likeness (QED) is 0.184. The van der Waals surface area contributed by atoms with Gasteiger partial charge in [-0.05, 0) is 48.2 Å². The van der Waals surface area contributed by atoms with Crippen molar-refractivity contribution in [2.75, 3.05) is 24.4 Å². The summed E-state index contributed by atoms with van der Waals surface area (Å²) in [5, 5.41) is 19.9. The number of anilines is 2. The first-order valence-electron chi connectivity index (χ1n) is 13.6. The molecule has 2 radical (unpaired) electrons. The number of aromatic nitrogens is 1. The van der Waals surface area contributed by atoms with Gasteiger partial charge in [-0.2, -0.15) is 5.26 Å². The van der Waals surface area contributed by atoms with Crippen LogP contribution in [0.4, 0.5) is 15.8 Å². The average Bonchev–Trinajstić information content (AvgIpc) is 3.73. The molecule has 3 aromatic carbocycles. The number of ether oxygens (including phenoxy) is 1. The Morgan fingerprint density at radius 1 is 1.21 bits per heavy atom. The van der Waals surface area contributed by atoms with Crippen molar-refractivity contribution in [1.82, 2.24) is 21.0 Å². The molecule has 1 aliphatic heterocycles. The zero-order valence-electron chi connectivity index (χ0n) is 22.9. The molecule has 1 saturated carbocycles. The zero-order valence-corrected chi connectivity index (χ0v) is 23.6. The van der Waals surface area contributed by atoms with Crippen LogP contribution >= 0.6 is 11.6 Å². The van der Waals surface area contributed by atoms with E-state index < -0.39 is 5.44 Å². The van der Waals surface area contributed by atoms with Crippen molar-refractivity contribution < 1.29 is 9.13 Å². The smallest absolute Gasteiger partial charge is 0.123 e. The van der Waals surface area contributed by atoms with Crippen molar-refractivity contribution in [3.8, 4) is 6.07 Å². The minimum Gasteiger partial charge on any atom is -0.382 e. The number of fused-ring (bicyclic) bond motifs is 1. The fourth-order valence-corrected chi connectivity index (χ4v) is 5.40. The SMILES string of the molecule is [B]C(Nc1cc(Cl)c2ncc(C#N)c(N[C@H](COC)c3ccccc3)c2c1)(C1=CN(C2CC2)NN1)c1ccc(F)cc1. The van der Waals surface area contributed by atoms with Gasteiger partial charge in [-0.3, -0.25) is 9.99 Å². The maximum atomic E-state index is 13.9. The van der Waals surface area contributed by atoms with E-state index in [2.05, 4.69) is 32.6 Å². The molecule has 1 aliphatic carbocycles. The van der Waals surface area contributed by atoms with E-state index in [0.29, 0.717) is 56.8 Å². The lowest BCUT2D eigenvalue weighted by molar-refractivity contribution is 0.186. The molecule has 2 heterocycles. The van der Waals surface area contributed by atoms with Gasteiger partial charge in [0.1, 0.15) is 19.7 Å². The lowest BCUT2D eigenvalue weighted by Gasteiger charge is -2.34. The van der Waals surface area contributed by atoms with Crippen molar-refractivity contribution in [3.63, 3.8) is 0 Å². The fourth-order valence-electron chi connectivity index (χ4n) is 5.13. The van der Waals surface area contributed by atoms with Crippen molar-refractivity contribution in [2.24, 2.45) is 0 Å². The number of rotatable bonds is 10. The normalized spacial score (nSPS) is 16.7.